The minimum atomic E-state index is -0.0542. The van der Waals surface area contributed by atoms with E-state index in [2.05, 4.69) is 6.92 Å². The highest BCUT2D eigenvalue weighted by molar-refractivity contribution is 5.89. The molecule has 0 bridgehead atoms. The predicted molar refractivity (Wildman–Crippen MR) is 50.3 cm³/mol. The summed E-state index contributed by atoms with van der Waals surface area (Å²) in [6.45, 7) is 6.28. The van der Waals surface area contributed by atoms with Crippen molar-refractivity contribution in [2.24, 2.45) is 5.92 Å². The van der Waals surface area contributed by atoms with Crippen LogP contribution in [0.25, 0.3) is 0 Å². The Morgan fingerprint density at radius 3 is 2.69 bits per heavy atom. The minimum absolute atomic E-state index is 0.0542. The summed E-state index contributed by atoms with van der Waals surface area (Å²) in [5, 5.41) is 0. The summed E-state index contributed by atoms with van der Waals surface area (Å²) < 4.78 is 0. The van der Waals surface area contributed by atoms with Gasteiger partial charge in [0.1, 0.15) is 5.78 Å². The first-order valence-corrected chi connectivity index (χ1v) is 4.86. The van der Waals surface area contributed by atoms with Crippen LogP contribution >= 0.6 is 0 Å². The summed E-state index contributed by atoms with van der Waals surface area (Å²) in [6.07, 6.45) is 1.37. The Bertz CT molecular complexity index is 225. The average Bonchev–Trinajstić information content (AvgIpc) is 2.46. The van der Waals surface area contributed by atoms with Gasteiger partial charge in [0.2, 0.25) is 5.91 Å². The molecule has 1 heterocycles. The van der Waals surface area contributed by atoms with Gasteiger partial charge >= 0.3 is 0 Å². The third-order valence-corrected chi connectivity index (χ3v) is 2.86. The van der Waals surface area contributed by atoms with Gasteiger partial charge < -0.3 is 4.90 Å². The van der Waals surface area contributed by atoms with Crippen molar-refractivity contribution in [1.82, 2.24) is 4.90 Å². The average molecular weight is 183 g/mol. The Balaban J connectivity index is 2.61. The highest BCUT2D eigenvalue weighted by Gasteiger charge is 2.34. The second-order valence-corrected chi connectivity index (χ2v) is 3.82. The van der Waals surface area contributed by atoms with Crippen LogP contribution in [0.15, 0.2) is 0 Å². The summed E-state index contributed by atoms with van der Waals surface area (Å²) in [5.74, 6) is 0.218. The molecule has 3 heteroatoms. The molecule has 1 amide bonds. The van der Waals surface area contributed by atoms with Crippen molar-refractivity contribution in [2.45, 2.75) is 39.7 Å². The van der Waals surface area contributed by atoms with Gasteiger partial charge in [0.15, 0.2) is 0 Å². The van der Waals surface area contributed by atoms with E-state index in [1.165, 1.54) is 0 Å². The van der Waals surface area contributed by atoms with Crippen LogP contribution in [0, 0.1) is 5.92 Å². The van der Waals surface area contributed by atoms with Crippen molar-refractivity contribution in [1.29, 1.82) is 0 Å². The fourth-order valence-corrected chi connectivity index (χ4v) is 1.65. The molecule has 1 saturated heterocycles. The standard InChI is InChI=1S/C10H17NO2/c1-4-7(2)11-6-9(8(3)12)5-10(11)13/h7,9H,4-6H2,1-3H3/t7-,9?/m1/s1. The van der Waals surface area contributed by atoms with Crippen LogP contribution in [0.4, 0.5) is 0 Å². The van der Waals surface area contributed by atoms with Crippen LogP contribution in [0.5, 0.6) is 0 Å². The first-order valence-electron chi connectivity index (χ1n) is 4.86. The summed E-state index contributed by atoms with van der Waals surface area (Å²) in [6, 6.07) is 0.275. The van der Waals surface area contributed by atoms with Gasteiger partial charge in [-0.15, -0.1) is 0 Å². The molecule has 1 unspecified atom stereocenters. The molecule has 0 saturated carbocycles. The van der Waals surface area contributed by atoms with Gasteiger partial charge in [-0.25, -0.2) is 0 Å². The third kappa shape index (κ3) is 2.08. The molecule has 13 heavy (non-hydrogen) atoms. The first-order chi connectivity index (χ1) is 6.06. The van der Waals surface area contributed by atoms with Crippen molar-refractivity contribution >= 4 is 11.7 Å². The van der Waals surface area contributed by atoms with Crippen molar-refractivity contribution in [3.8, 4) is 0 Å². The number of nitrogens with zero attached hydrogens (tertiary/aromatic N) is 1. The normalized spacial score (nSPS) is 25.0. The molecule has 0 N–H and O–H groups in total. The van der Waals surface area contributed by atoms with E-state index in [0.717, 1.165) is 6.42 Å². The van der Waals surface area contributed by atoms with E-state index in [0.29, 0.717) is 13.0 Å². The van der Waals surface area contributed by atoms with Gasteiger partial charge in [-0.3, -0.25) is 9.59 Å². The van der Waals surface area contributed by atoms with Gasteiger partial charge in [-0.2, -0.15) is 0 Å². The zero-order valence-corrected chi connectivity index (χ0v) is 8.54. The molecule has 1 aliphatic rings. The number of rotatable bonds is 3. The second kappa shape index (κ2) is 3.90. The van der Waals surface area contributed by atoms with E-state index >= 15 is 0 Å². The van der Waals surface area contributed by atoms with E-state index in [1.54, 1.807) is 6.92 Å². The number of ketones is 1. The van der Waals surface area contributed by atoms with Crippen LogP contribution in [0.3, 0.4) is 0 Å². The minimum Gasteiger partial charge on any atom is -0.339 e. The highest BCUT2D eigenvalue weighted by atomic mass is 16.2. The maximum absolute atomic E-state index is 11.5. The van der Waals surface area contributed by atoms with Gasteiger partial charge in [0.25, 0.3) is 0 Å². The molecule has 0 radical (unpaired) electrons. The quantitative estimate of drug-likeness (QED) is 0.659. The Morgan fingerprint density at radius 2 is 2.31 bits per heavy atom. The molecule has 0 aliphatic carbocycles. The molecule has 0 aromatic rings. The van der Waals surface area contributed by atoms with E-state index in [9.17, 15) is 9.59 Å². The lowest BCUT2D eigenvalue weighted by Gasteiger charge is -2.23. The van der Waals surface area contributed by atoms with Crippen LogP contribution < -0.4 is 0 Å². The van der Waals surface area contributed by atoms with Gasteiger partial charge in [-0.05, 0) is 20.3 Å². The first kappa shape index (κ1) is 10.2. The number of carbonyl (C=O) groups is 2. The molecular weight excluding hydrogens is 166 g/mol. The fraction of sp³-hybridized carbons (Fsp3) is 0.800. The molecule has 1 rings (SSSR count). The lowest BCUT2D eigenvalue weighted by Crippen LogP contribution is -2.34. The molecule has 1 aliphatic heterocycles. The van der Waals surface area contributed by atoms with E-state index in [-0.39, 0.29) is 23.7 Å². The van der Waals surface area contributed by atoms with Crippen LogP contribution in [0.1, 0.15) is 33.6 Å². The zero-order chi connectivity index (χ0) is 10.0. The number of hydrogen-bond acceptors (Lipinski definition) is 2. The maximum Gasteiger partial charge on any atom is 0.223 e. The van der Waals surface area contributed by atoms with Crippen LogP contribution in [0.2, 0.25) is 0 Å². The molecular formula is C10H17NO2. The largest absolute Gasteiger partial charge is 0.339 e. The van der Waals surface area contributed by atoms with Crippen molar-refractivity contribution in [3.05, 3.63) is 0 Å². The Labute approximate surface area is 79.1 Å². The number of Topliss-reactive ketones (excluding diaryl/α,β-unsaturated/α-hetero) is 1. The van der Waals surface area contributed by atoms with Gasteiger partial charge in [-0.1, -0.05) is 6.92 Å². The number of likely N-dealkylation sites (tertiary alicyclic amines) is 1. The molecule has 3 nitrogen and oxygen atoms in total. The summed E-state index contributed by atoms with van der Waals surface area (Å²) >= 11 is 0. The Hall–Kier alpha value is -0.860. The molecule has 2 atom stereocenters. The van der Waals surface area contributed by atoms with E-state index in [1.807, 2.05) is 11.8 Å². The zero-order valence-electron chi connectivity index (χ0n) is 8.54. The van der Waals surface area contributed by atoms with Crippen LogP contribution in [-0.2, 0) is 9.59 Å². The lowest BCUT2D eigenvalue weighted by molar-refractivity contribution is -0.129. The summed E-state index contributed by atoms with van der Waals surface area (Å²) in [5.41, 5.74) is 0. The fourth-order valence-electron chi connectivity index (χ4n) is 1.65. The molecule has 74 valence electrons. The monoisotopic (exact) mass is 183 g/mol. The maximum atomic E-state index is 11.5. The SMILES string of the molecule is CC[C@@H](C)N1CC(C(C)=O)CC1=O. The Morgan fingerprint density at radius 1 is 1.69 bits per heavy atom. The predicted octanol–water partition coefficient (Wildman–Crippen LogP) is 1.22. The van der Waals surface area contributed by atoms with Gasteiger partial charge in [0, 0.05) is 24.9 Å². The lowest BCUT2D eigenvalue weighted by atomic mass is 10.1. The number of carbonyl (C=O) groups excluding carboxylic acids is 2. The molecule has 0 aromatic carbocycles. The smallest absolute Gasteiger partial charge is 0.223 e. The Kier molecular flexibility index (Phi) is 3.07. The topological polar surface area (TPSA) is 37.4 Å². The van der Waals surface area contributed by atoms with Crippen molar-refractivity contribution < 1.29 is 9.59 Å². The third-order valence-electron chi connectivity index (χ3n) is 2.86. The van der Waals surface area contributed by atoms with Gasteiger partial charge in [0.05, 0.1) is 0 Å². The van der Waals surface area contributed by atoms with Crippen LogP contribution in [-0.4, -0.2) is 29.2 Å². The highest BCUT2D eigenvalue weighted by Crippen LogP contribution is 2.21. The molecule has 1 fully saturated rings. The molecule has 0 aromatic heterocycles. The second-order valence-electron chi connectivity index (χ2n) is 3.82. The summed E-state index contributed by atoms with van der Waals surface area (Å²) in [4.78, 5) is 24.4. The van der Waals surface area contributed by atoms with E-state index < -0.39 is 0 Å². The van der Waals surface area contributed by atoms with Crippen molar-refractivity contribution in [3.63, 3.8) is 0 Å². The van der Waals surface area contributed by atoms with E-state index in [4.69, 9.17) is 0 Å². The number of amides is 1. The van der Waals surface area contributed by atoms with Crippen molar-refractivity contribution in [2.75, 3.05) is 6.54 Å². The summed E-state index contributed by atoms with van der Waals surface area (Å²) in [7, 11) is 0. The molecule has 0 spiro atoms. The number of hydrogen-bond donors (Lipinski definition) is 0.